The van der Waals surface area contributed by atoms with E-state index in [9.17, 15) is 0 Å². The molecule has 5 aromatic carbocycles. The van der Waals surface area contributed by atoms with E-state index in [0.29, 0.717) is 22.7 Å². The molecule has 0 atom stereocenters. The summed E-state index contributed by atoms with van der Waals surface area (Å²) < 4.78 is 11.6. The highest BCUT2D eigenvalue weighted by atomic mass is 28.2. The minimum absolute atomic E-state index is 0.172. The summed E-state index contributed by atoms with van der Waals surface area (Å²) in [4.78, 5) is 0. The van der Waals surface area contributed by atoms with Crippen LogP contribution in [0.3, 0.4) is 0 Å². The van der Waals surface area contributed by atoms with Crippen LogP contribution in [0.1, 0.15) is 13.8 Å². The molecule has 0 aliphatic rings. The summed E-state index contributed by atoms with van der Waals surface area (Å²) in [6, 6.07) is 24.5. The fourth-order valence-electron chi connectivity index (χ4n) is 4.31. The molecule has 3 heteroatoms. The second-order valence-electron chi connectivity index (χ2n) is 7.02. The lowest BCUT2D eigenvalue weighted by Crippen LogP contribution is -2.33. The molecule has 2 nitrogen and oxygen atoms in total. The molecule has 0 bridgehead atoms. The van der Waals surface area contributed by atoms with Gasteiger partial charge >= 0.3 is 0 Å². The zero-order valence-electron chi connectivity index (χ0n) is 16.2. The molecular weight excluding hydrogens is 360 g/mol. The standard InChI is InChI=1S/C25H22O2Si/c1-3-26-25(27-4-2)28-18-14-17-10-7-12-20-19-11-5-8-16-9-6-13-21(23(16)19)22(15-18)24(17)20/h5-15,25H,3-4H2,1-2H3. The fraction of sp³-hybridized carbons (Fsp3) is 0.200. The molecule has 0 aromatic heterocycles. The Hall–Kier alpha value is -2.46. The van der Waals surface area contributed by atoms with Crippen molar-refractivity contribution in [3.05, 3.63) is 66.7 Å². The second-order valence-corrected chi connectivity index (χ2v) is 8.36. The maximum Gasteiger partial charge on any atom is 0.157 e. The van der Waals surface area contributed by atoms with Crippen LogP contribution in [-0.4, -0.2) is 28.6 Å². The van der Waals surface area contributed by atoms with Crippen LogP contribution in [0, 0.1) is 0 Å². The molecule has 0 N–H and O–H groups in total. The third-order valence-corrected chi connectivity index (χ3v) is 6.57. The topological polar surface area (TPSA) is 18.5 Å². The van der Waals surface area contributed by atoms with Gasteiger partial charge in [0.15, 0.2) is 9.52 Å². The van der Waals surface area contributed by atoms with Crippen molar-refractivity contribution in [3.8, 4) is 0 Å². The molecule has 0 saturated carbocycles. The van der Waals surface area contributed by atoms with E-state index in [1.165, 1.54) is 48.3 Å². The summed E-state index contributed by atoms with van der Waals surface area (Å²) in [5.74, 6) is -0.172. The average Bonchev–Trinajstić information content (AvgIpc) is 2.72. The van der Waals surface area contributed by atoms with Crippen LogP contribution in [0.4, 0.5) is 0 Å². The summed E-state index contributed by atoms with van der Waals surface area (Å²) in [6.45, 7) is 5.36. The Morgan fingerprint density at radius 2 is 1.21 bits per heavy atom. The average molecular weight is 383 g/mol. The largest absolute Gasteiger partial charge is 0.357 e. The van der Waals surface area contributed by atoms with Crippen molar-refractivity contribution < 1.29 is 9.47 Å². The SMILES string of the molecule is CCOC(OCC)[Si]c1cc2cccc3c4cccc5cccc(c(c1)c23)c54. The molecule has 0 heterocycles. The molecule has 0 spiro atoms. The molecule has 5 rings (SSSR count). The number of hydrogen-bond donors (Lipinski definition) is 0. The fourth-order valence-corrected chi connectivity index (χ4v) is 5.55. The Labute approximate surface area is 167 Å². The number of ether oxygens (including phenoxy) is 2. The van der Waals surface area contributed by atoms with Gasteiger partial charge in [0.2, 0.25) is 0 Å². The van der Waals surface area contributed by atoms with Crippen molar-refractivity contribution in [2.45, 2.75) is 19.8 Å². The first kappa shape index (κ1) is 17.6. The number of rotatable bonds is 6. The molecule has 0 aliphatic carbocycles. The van der Waals surface area contributed by atoms with Gasteiger partial charge < -0.3 is 9.47 Å². The van der Waals surface area contributed by atoms with Crippen LogP contribution in [0.5, 0.6) is 0 Å². The van der Waals surface area contributed by atoms with Crippen LogP contribution >= 0.6 is 0 Å². The molecule has 138 valence electrons. The Kier molecular flexibility index (Phi) is 4.51. The number of benzene rings is 5. The van der Waals surface area contributed by atoms with Crippen molar-refractivity contribution in [1.82, 2.24) is 0 Å². The molecule has 0 saturated heterocycles. The molecule has 28 heavy (non-hydrogen) atoms. The van der Waals surface area contributed by atoms with Crippen molar-refractivity contribution in [2.75, 3.05) is 13.2 Å². The minimum atomic E-state index is -0.172. The van der Waals surface area contributed by atoms with Gasteiger partial charge in [0.1, 0.15) is 5.91 Å². The van der Waals surface area contributed by atoms with Gasteiger partial charge in [0.25, 0.3) is 0 Å². The van der Waals surface area contributed by atoms with E-state index in [1.54, 1.807) is 0 Å². The summed E-state index contributed by atoms with van der Waals surface area (Å²) in [5.41, 5.74) is 0. The summed E-state index contributed by atoms with van der Waals surface area (Å²) in [7, 11) is 0.462. The van der Waals surface area contributed by atoms with Gasteiger partial charge in [0.05, 0.1) is 0 Å². The van der Waals surface area contributed by atoms with E-state index in [4.69, 9.17) is 9.47 Å². The monoisotopic (exact) mass is 382 g/mol. The third-order valence-electron chi connectivity index (χ3n) is 5.38. The lowest BCUT2D eigenvalue weighted by Gasteiger charge is -2.18. The normalized spacial score (nSPS) is 12.2. The smallest absolute Gasteiger partial charge is 0.157 e. The molecule has 0 unspecified atom stereocenters. The summed E-state index contributed by atoms with van der Waals surface area (Å²) in [5, 5.41) is 11.9. The van der Waals surface area contributed by atoms with Crippen molar-refractivity contribution in [3.63, 3.8) is 0 Å². The molecule has 0 amide bonds. The van der Waals surface area contributed by atoms with Crippen LogP contribution in [-0.2, 0) is 9.47 Å². The first-order chi connectivity index (χ1) is 13.8. The molecular formula is C25H22O2Si. The second kappa shape index (κ2) is 7.17. The van der Waals surface area contributed by atoms with E-state index in [2.05, 4.69) is 66.7 Å². The van der Waals surface area contributed by atoms with Crippen molar-refractivity contribution >= 4 is 57.8 Å². The highest BCUT2D eigenvalue weighted by Crippen LogP contribution is 2.39. The van der Waals surface area contributed by atoms with E-state index in [0.717, 1.165) is 0 Å². The van der Waals surface area contributed by atoms with Crippen LogP contribution in [0.15, 0.2) is 66.7 Å². The third kappa shape index (κ3) is 2.78. The predicted octanol–water partition coefficient (Wildman–Crippen LogP) is 5.42. The highest BCUT2D eigenvalue weighted by Gasteiger charge is 2.16. The quantitative estimate of drug-likeness (QED) is 0.169. The maximum atomic E-state index is 5.81. The van der Waals surface area contributed by atoms with E-state index < -0.39 is 0 Å². The Morgan fingerprint density at radius 3 is 1.82 bits per heavy atom. The first-order valence-electron chi connectivity index (χ1n) is 9.89. The van der Waals surface area contributed by atoms with Gasteiger partial charge in [-0.05, 0) is 56.9 Å². The van der Waals surface area contributed by atoms with Crippen LogP contribution in [0.2, 0.25) is 0 Å². The lowest BCUT2D eigenvalue weighted by atomic mass is 9.90. The maximum absolute atomic E-state index is 5.81. The minimum Gasteiger partial charge on any atom is -0.357 e. The molecule has 0 fully saturated rings. The van der Waals surface area contributed by atoms with Gasteiger partial charge in [-0.3, -0.25) is 0 Å². The lowest BCUT2D eigenvalue weighted by molar-refractivity contribution is -0.0817. The molecule has 2 radical (unpaired) electrons. The van der Waals surface area contributed by atoms with E-state index in [1.807, 2.05) is 13.8 Å². The summed E-state index contributed by atoms with van der Waals surface area (Å²) in [6.07, 6.45) is 0. The van der Waals surface area contributed by atoms with Gasteiger partial charge in [-0.1, -0.05) is 71.9 Å². The van der Waals surface area contributed by atoms with Gasteiger partial charge in [-0.2, -0.15) is 0 Å². The Balaban J connectivity index is 1.81. The zero-order valence-corrected chi connectivity index (χ0v) is 17.2. The van der Waals surface area contributed by atoms with E-state index >= 15 is 0 Å². The van der Waals surface area contributed by atoms with Gasteiger partial charge in [-0.15, -0.1) is 0 Å². The molecule has 5 aromatic rings. The molecule has 0 aliphatic heterocycles. The first-order valence-corrected chi connectivity index (χ1v) is 11.0. The Morgan fingerprint density at radius 1 is 0.679 bits per heavy atom. The van der Waals surface area contributed by atoms with Crippen molar-refractivity contribution in [1.29, 1.82) is 0 Å². The predicted molar refractivity (Wildman–Crippen MR) is 120 cm³/mol. The van der Waals surface area contributed by atoms with Crippen LogP contribution < -0.4 is 5.19 Å². The van der Waals surface area contributed by atoms with Crippen LogP contribution in [0.25, 0.3) is 43.1 Å². The summed E-state index contributed by atoms with van der Waals surface area (Å²) >= 11 is 0. The zero-order chi connectivity index (χ0) is 19.1. The highest BCUT2D eigenvalue weighted by molar-refractivity contribution is 6.55. The number of hydrogen-bond acceptors (Lipinski definition) is 2. The van der Waals surface area contributed by atoms with Gasteiger partial charge in [-0.25, -0.2) is 0 Å². The Bertz CT molecular complexity index is 1270. The van der Waals surface area contributed by atoms with Crippen molar-refractivity contribution in [2.24, 2.45) is 0 Å². The van der Waals surface area contributed by atoms with E-state index in [-0.39, 0.29) is 5.91 Å². The number of fused-ring (bicyclic) bond motifs is 2. The van der Waals surface area contributed by atoms with Gasteiger partial charge in [0, 0.05) is 13.2 Å².